The molecule has 0 unspecified atom stereocenters. The van der Waals surface area contributed by atoms with Gasteiger partial charge in [-0.2, -0.15) is 4.98 Å². The summed E-state index contributed by atoms with van der Waals surface area (Å²) in [4.78, 5) is 42.3. The molecule has 0 aliphatic carbocycles. The van der Waals surface area contributed by atoms with E-state index in [0.29, 0.717) is 51.8 Å². The minimum Gasteiger partial charge on any atom is -0.370 e. The van der Waals surface area contributed by atoms with Gasteiger partial charge in [0.1, 0.15) is 5.65 Å². The molecular weight excluding hydrogens is 454 g/mol. The number of amides is 1. The maximum atomic E-state index is 13.6. The summed E-state index contributed by atoms with van der Waals surface area (Å²) >= 11 is 6.64. The van der Waals surface area contributed by atoms with Gasteiger partial charge >= 0.3 is 0 Å². The number of halogens is 1. The number of nitrogens with zero attached hydrogens (tertiary/aromatic N) is 5. The second kappa shape index (κ2) is 9.96. The van der Waals surface area contributed by atoms with Crippen molar-refractivity contribution < 1.29 is 4.79 Å². The molecule has 0 bridgehead atoms. The molecule has 174 valence electrons. The highest BCUT2D eigenvalue weighted by Crippen LogP contribution is 2.31. The van der Waals surface area contributed by atoms with Crippen LogP contribution >= 0.6 is 11.6 Å². The summed E-state index contributed by atoms with van der Waals surface area (Å²) in [7, 11) is 0. The van der Waals surface area contributed by atoms with Crippen molar-refractivity contribution in [2.45, 2.75) is 33.2 Å². The average Bonchev–Trinajstić information content (AvgIpc) is 2.80. The van der Waals surface area contributed by atoms with E-state index in [-0.39, 0.29) is 18.5 Å². The lowest BCUT2D eigenvalue weighted by atomic mass is 10.0. The lowest BCUT2D eigenvalue weighted by Gasteiger charge is -2.14. The quantitative estimate of drug-likeness (QED) is 0.396. The predicted molar refractivity (Wildman–Crippen MR) is 133 cm³/mol. The van der Waals surface area contributed by atoms with Crippen molar-refractivity contribution in [2.75, 3.05) is 11.9 Å². The molecular formula is C24H24ClN7O2. The minimum atomic E-state index is -0.422. The first-order chi connectivity index (χ1) is 16.4. The number of fused-ring (bicyclic) bond motifs is 1. The Labute approximate surface area is 201 Å². The molecule has 0 aliphatic rings. The molecule has 34 heavy (non-hydrogen) atoms. The number of aromatic nitrogens is 5. The zero-order chi connectivity index (χ0) is 24.2. The zero-order valence-corrected chi connectivity index (χ0v) is 19.6. The topological polar surface area (TPSA) is 129 Å². The molecule has 3 N–H and O–H groups in total. The SMILES string of the molecule is CCNc1ncc2cc(-c3ccc(-c4cncc(C)n4)cc3Cl)c(=O)n(CCCC(N)=O)c2n1. The Balaban J connectivity index is 1.83. The standard InChI is InChI=1S/C24H24ClN7O2/c1-3-28-24-29-12-16-9-18(23(34)32(22(16)31-24)8-4-5-21(26)33)17-7-6-15(10-19(17)25)20-13-27-11-14(2)30-20/h6-7,9-13H,3-5,8H2,1-2H3,(H2,26,33)(H,28,29,31). The van der Waals surface area contributed by atoms with Crippen LogP contribution in [0.1, 0.15) is 25.5 Å². The number of benzene rings is 1. The molecule has 0 aliphatic heterocycles. The highest BCUT2D eigenvalue weighted by Gasteiger charge is 2.16. The van der Waals surface area contributed by atoms with Gasteiger partial charge in [-0.25, -0.2) is 9.97 Å². The van der Waals surface area contributed by atoms with Crippen LogP contribution in [0.15, 0.2) is 47.7 Å². The molecule has 0 saturated heterocycles. The van der Waals surface area contributed by atoms with Crippen molar-refractivity contribution >= 4 is 34.5 Å². The van der Waals surface area contributed by atoms with Gasteiger partial charge in [-0.1, -0.05) is 23.7 Å². The van der Waals surface area contributed by atoms with E-state index in [1.807, 2.05) is 19.9 Å². The fourth-order valence-electron chi connectivity index (χ4n) is 3.71. The molecule has 9 nitrogen and oxygen atoms in total. The van der Waals surface area contributed by atoms with Crippen LogP contribution in [0, 0.1) is 6.92 Å². The van der Waals surface area contributed by atoms with E-state index in [2.05, 4.69) is 25.3 Å². The van der Waals surface area contributed by atoms with Crippen molar-refractivity contribution in [1.82, 2.24) is 24.5 Å². The van der Waals surface area contributed by atoms with Crippen molar-refractivity contribution in [3.05, 3.63) is 63.9 Å². The van der Waals surface area contributed by atoms with Crippen molar-refractivity contribution in [1.29, 1.82) is 0 Å². The first kappa shape index (κ1) is 23.3. The summed E-state index contributed by atoms with van der Waals surface area (Å²) in [6, 6.07) is 7.17. The third kappa shape index (κ3) is 4.89. The molecule has 3 heterocycles. The first-order valence-corrected chi connectivity index (χ1v) is 11.3. The Kier molecular flexibility index (Phi) is 6.83. The van der Waals surface area contributed by atoms with E-state index < -0.39 is 5.91 Å². The van der Waals surface area contributed by atoms with Crippen LogP contribution in [0.3, 0.4) is 0 Å². The van der Waals surface area contributed by atoms with Gasteiger partial charge < -0.3 is 11.1 Å². The summed E-state index contributed by atoms with van der Waals surface area (Å²) in [5.41, 5.74) is 8.79. The van der Waals surface area contributed by atoms with Crippen LogP contribution in [0.2, 0.25) is 5.02 Å². The second-order valence-electron chi connectivity index (χ2n) is 7.83. The monoisotopic (exact) mass is 477 g/mol. The minimum absolute atomic E-state index is 0.163. The fourth-order valence-corrected chi connectivity index (χ4v) is 3.99. The van der Waals surface area contributed by atoms with Gasteiger partial charge in [0.05, 0.1) is 17.6 Å². The normalized spacial score (nSPS) is 11.0. The lowest BCUT2D eigenvalue weighted by molar-refractivity contribution is -0.118. The number of aryl methyl sites for hydroxylation is 2. The Morgan fingerprint density at radius 3 is 2.68 bits per heavy atom. The van der Waals surface area contributed by atoms with E-state index in [4.69, 9.17) is 17.3 Å². The number of rotatable bonds is 8. The predicted octanol–water partition coefficient (Wildman–Crippen LogP) is 3.57. The first-order valence-electron chi connectivity index (χ1n) is 10.9. The van der Waals surface area contributed by atoms with E-state index in [9.17, 15) is 9.59 Å². The van der Waals surface area contributed by atoms with Gasteiger partial charge in [-0.3, -0.25) is 19.1 Å². The number of hydrogen-bond acceptors (Lipinski definition) is 7. The van der Waals surface area contributed by atoms with Crippen LogP contribution in [-0.2, 0) is 11.3 Å². The Morgan fingerprint density at radius 2 is 1.97 bits per heavy atom. The molecule has 3 aromatic heterocycles. The Bertz CT molecular complexity index is 1440. The number of pyridine rings is 1. The molecule has 0 spiro atoms. The lowest BCUT2D eigenvalue weighted by Crippen LogP contribution is -2.24. The summed E-state index contributed by atoms with van der Waals surface area (Å²) in [5, 5.41) is 4.15. The van der Waals surface area contributed by atoms with Gasteiger partial charge in [-0.15, -0.1) is 0 Å². The number of hydrogen-bond donors (Lipinski definition) is 2. The molecule has 0 saturated carbocycles. The molecule has 1 amide bonds. The molecule has 0 radical (unpaired) electrons. The molecule has 0 fully saturated rings. The number of anilines is 1. The number of nitrogens with one attached hydrogen (secondary N) is 1. The van der Waals surface area contributed by atoms with E-state index >= 15 is 0 Å². The van der Waals surface area contributed by atoms with Crippen LogP contribution in [0.4, 0.5) is 5.95 Å². The van der Waals surface area contributed by atoms with Gasteiger partial charge in [0, 0.05) is 59.0 Å². The molecule has 4 aromatic rings. The Morgan fingerprint density at radius 1 is 1.15 bits per heavy atom. The van der Waals surface area contributed by atoms with E-state index in [1.165, 1.54) is 0 Å². The number of carbonyl (C=O) groups is 1. The number of carbonyl (C=O) groups excluding carboxylic acids is 1. The van der Waals surface area contributed by atoms with Gasteiger partial charge in [0.25, 0.3) is 5.56 Å². The number of nitrogens with two attached hydrogens (primary N) is 1. The van der Waals surface area contributed by atoms with Crippen LogP contribution in [-0.4, -0.2) is 37.0 Å². The summed E-state index contributed by atoms with van der Waals surface area (Å²) in [6.45, 7) is 4.72. The maximum absolute atomic E-state index is 13.6. The van der Waals surface area contributed by atoms with Crippen molar-refractivity contribution in [2.24, 2.45) is 5.73 Å². The third-order valence-electron chi connectivity index (χ3n) is 5.28. The van der Waals surface area contributed by atoms with E-state index in [1.54, 1.807) is 41.4 Å². The zero-order valence-electron chi connectivity index (χ0n) is 18.9. The largest absolute Gasteiger partial charge is 0.370 e. The summed E-state index contributed by atoms with van der Waals surface area (Å²) in [6.07, 6.45) is 5.58. The van der Waals surface area contributed by atoms with Crippen LogP contribution in [0.25, 0.3) is 33.4 Å². The molecule has 0 atom stereocenters. The maximum Gasteiger partial charge on any atom is 0.260 e. The van der Waals surface area contributed by atoms with Gasteiger partial charge in [-0.05, 0) is 32.4 Å². The van der Waals surface area contributed by atoms with Crippen LogP contribution < -0.4 is 16.6 Å². The van der Waals surface area contributed by atoms with Crippen molar-refractivity contribution in [3.8, 4) is 22.4 Å². The second-order valence-corrected chi connectivity index (χ2v) is 8.24. The van der Waals surface area contributed by atoms with Crippen LogP contribution in [0.5, 0.6) is 0 Å². The molecule has 4 rings (SSSR count). The molecule has 10 heteroatoms. The average molecular weight is 478 g/mol. The van der Waals surface area contributed by atoms with Gasteiger partial charge in [0.2, 0.25) is 11.9 Å². The van der Waals surface area contributed by atoms with Crippen molar-refractivity contribution in [3.63, 3.8) is 0 Å². The highest BCUT2D eigenvalue weighted by molar-refractivity contribution is 6.33. The third-order valence-corrected chi connectivity index (χ3v) is 5.59. The molecule has 1 aromatic carbocycles. The van der Waals surface area contributed by atoms with Gasteiger partial charge in [0.15, 0.2) is 0 Å². The summed E-state index contributed by atoms with van der Waals surface area (Å²) < 4.78 is 1.55. The number of primary amides is 1. The summed E-state index contributed by atoms with van der Waals surface area (Å²) in [5.74, 6) is 0.00167. The highest BCUT2D eigenvalue weighted by atomic mass is 35.5. The Hall–Kier alpha value is -3.85. The fraction of sp³-hybridized carbons (Fsp3) is 0.250. The van der Waals surface area contributed by atoms with E-state index in [0.717, 1.165) is 11.3 Å². The smallest absolute Gasteiger partial charge is 0.260 e.